The van der Waals surface area contributed by atoms with Crippen LogP contribution in [0.5, 0.6) is 0 Å². The number of anilines is 2. The van der Waals surface area contributed by atoms with Crippen molar-refractivity contribution in [3.63, 3.8) is 0 Å². The van der Waals surface area contributed by atoms with Gasteiger partial charge in [-0.1, -0.05) is 55.4 Å². The predicted octanol–water partition coefficient (Wildman–Crippen LogP) is 3.56. The molecule has 2 aliphatic rings. The summed E-state index contributed by atoms with van der Waals surface area (Å²) in [6.45, 7) is 17.9. The fourth-order valence-electron chi connectivity index (χ4n) is 5.82. The molecule has 4 rings (SSSR count). The summed E-state index contributed by atoms with van der Waals surface area (Å²) in [5.41, 5.74) is 10.3. The van der Waals surface area contributed by atoms with Gasteiger partial charge in [0.2, 0.25) is 5.95 Å². The highest BCUT2D eigenvalue weighted by Gasteiger charge is 2.62. The maximum atomic E-state index is 7.30. The Morgan fingerprint density at radius 2 is 1.65 bits per heavy atom. The second-order valence-electron chi connectivity index (χ2n) is 11.2. The van der Waals surface area contributed by atoms with Crippen molar-refractivity contribution in [3.05, 3.63) is 6.33 Å². The summed E-state index contributed by atoms with van der Waals surface area (Å²) in [6, 6.07) is 0. The molecule has 2 fully saturated rings. The number of ether oxygens (including phenoxy) is 2. The lowest BCUT2D eigenvalue weighted by molar-refractivity contribution is -0.0602. The van der Waals surface area contributed by atoms with E-state index in [0.717, 1.165) is 0 Å². The minimum Gasteiger partial charge on any atom is -0.414 e. The van der Waals surface area contributed by atoms with E-state index in [4.69, 9.17) is 34.0 Å². The largest absolute Gasteiger partial charge is 0.414 e. The minimum atomic E-state index is -2.84. The van der Waals surface area contributed by atoms with Crippen LogP contribution in [0.1, 0.15) is 61.6 Å². The smallest absolute Gasteiger partial charge is 0.335 e. The van der Waals surface area contributed by atoms with Crippen LogP contribution in [0, 0.1) is 0 Å². The van der Waals surface area contributed by atoms with E-state index < -0.39 is 35.6 Å². The topological polar surface area (TPSA) is 154 Å². The highest BCUT2D eigenvalue weighted by Crippen LogP contribution is 2.49. The van der Waals surface area contributed by atoms with Gasteiger partial charge in [-0.3, -0.25) is 4.57 Å². The fraction of sp³-hybridized carbons (Fsp3) is 0.783. The number of fused-ring (bicyclic) bond motifs is 2. The van der Waals surface area contributed by atoms with E-state index in [2.05, 4.69) is 75.8 Å². The molecule has 0 aromatic carbocycles. The van der Waals surface area contributed by atoms with Crippen LogP contribution in [0.15, 0.2) is 6.33 Å². The molecule has 0 saturated carbocycles. The first-order chi connectivity index (χ1) is 17.4. The third kappa shape index (κ3) is 4.60. The molecule has 0 amide bonds. The van der Waals surface area contributed by atoms with Crippen LogP contribution < -0.4 is 17.0 Å². The molecule has 37 heavy (non-hydrogen) atoms. The molecule has 14 heteroatoms. The van der Waals surface area contributed by atoms with Gasteiger partial charge in [0.05, 0.1) is 12.9 Å². The van der Waals surface area contributed by atoms with Gasteiger partial charge in [0.25, 0.3) is 0 Å². The number of nitrogen functional groups attached to an aromatic ring is 2. The Bertz CT molecular complexity index is 1080. The number of nitrogens with zero attached hydrogens (tertiary/aromatic N) is 4. The molecular weight excluding hydrogens is 510 g/mol. The first-order valence-corrected chi connectivity index (χ1v) is 17.0. The van der Waals surface area contributed by atoms with Crippen molar-refractivity contribution < 1.29 is 22.4 Å². The number of nitrogens with two attached hydrogens (primary N) is 2. The zero-order valence-electron chi connectivity index (χ0n) is 23.4. The van der Waals surface area contributed by atoms with Gasteiger partial charge in [-0.25, -0.2) is 10.8 Å². The second-order valence-corrected chi connectivity index (χ2v) is 20.1. The van der Waals surface area contributed by atoms with Crippen molar-refractivity contribution >= 4 is 40.1 Å². The molecule has 0 aliphatic carbocycles. The van der Waals surface area contributed by atoms with Gasteiger partial charge < -0.3 is 33.6 Å². The van der Waals surface area contributed by atoms with Crippen molar-refractivity contribution in [1.29, 1.82) is 0 Å². The Morgan fingerprint density at radius 1 is 1.03 bits per heavy atom. The average molecular weight is 554 g/mol. The first kappa shape index (κ1) is 28.4. The lowest BCUT2D eigenvalue weighted by Crippen LogP contribution is -2.65. The van der Waals surface area contributed by atoms with Crippen LogP contribution >= 0.6 is 0 Å². The standard InChI is InChI=1S/C23H43N7O5Si2/c1-12(2)36(13(3)4)32-10-16-18(34-37(35-36,14(5)6)15(7)8)19(31-9)22(33-16)30-11-26-17-20(29-25)27-23(24)28-21(17)30/h11-16,18-19,22H,10,25H2,1-9H3,(H3,24,27,28,29)/t16-,18-,19-,22-/m1/s1. The zero-order chi connectivity index (χ0) is 27.3. The van der Waals surface area contributed by atoms with E-state index in [1.165, 1.54) is 0 Å². The monoisotopic (exact) mass is 553 g/mol. The first-order valence-electron chi connectivity index (χ1n) is 13.1. The molecule has 2 aromatic rings. The van der Waals surface area contributed by atoms with E-state index in [1.807, 2.05) is 0 Å². The van der Waals surface area contributed by atoms with E-state index in [0.29, 0.717) is 23.6 Å². The summed E-state index contributed by atoms with van der Waals surface area (Å²) in [5.74, 6) is 6.06. The summed E-state index contributed by atoms with van der Waals surface area (Å²) >= 11 is 0. The fourth-order valence-corrected chi connectivity index (χ4v) is 17.0. The lowest BCUT2D eigenvalue weighted by Gasteiger charge is -2.51. The van der Waals surface area contributed by atoms with Crippen molar-refractivity contribution in [3.8, 4) is 0 Å². The molecule has 0 bridgehead atoms. The zero-order valence-corrected chi connectivity index (χ0v) is 25.4. The third-order valence-corrected chi connectivity index (χ3v) is 18.0. The minimum absolute atomic E-state index is 0.0730. The highest BCUT2D eigenvalue weighted by atomic mass is 28.5. The summed E-state index contributed by atoms with van der Waals surface area (Å²) in [6.07, 6.45) is -0.162. The molecule has 4 heterocycles. The number of methoxy groups -OCH3 is 1. The van der Waals surface area contributed by atoms with Crippen LogP contribution in [0.3, 0.4) is 0 Å². The molecule has 0 radical (unpaired) electrons. The molecule has 0 unspecified atom stereocenters. The summed E-state index contributed by atoms with van der Waals surface area (Å²) < 4.78 is 35.9. The van der Waals surface area contributed by atoms with Gasteiger partial charge in [0, 0.05) is 7.11 Å². The Balaban J connectivity index is 1.82. The quantitative estimate of drug-likeness (QED) is 0.262. The number of aromatic nitrogens is 4. The molecule has 0 spiro atoms. The van der Waals surface area contributed by atoms with E-state index in [-0.39, 0.29) is 34.2 Å². The van der Waals surface area contributed by atoms with Gasteiger partial charge in [-0.2, -0.15) is 9.97 Å². The highest BCUT2D eigenvalue weighted by molar-refractivity contribution is 6.84. The summed E-state index contributed by atoms with van der Waals surface area (Å²) in [5, 5.41) is 0. The maximum Gasteiger partial charge on any atom is 0.335 e. The third-order valence-electron chi connectivity index (χ3n) is 7.74. The summed E-state index contributed by atoms with van der Waals surface area (Å²) in [4.78, 5) is 13.0. The van der Waals surface area contributed by atoms with Crippen molar-refractivity contribution in [1.82, 2.24) is 19.5 Å². The Hall–Kier alpha value is -1.66. The van der Waals surface area contributed by atoms with Gasteiger partial charge in [0.1, 0.15) is 18.3 Å². The average Bonchev–Trinajstić information content (AvgIpc) is 3.38. The molecule has 12 nitrogen and oxygen atoms in total. The number of rotatable bonds is 7. The van der Waals surface area contributed by atoms with E-state index in [9.17, 15) is 0 Å². The Labute approximate surface area is 221 Å². The van der Waals surface area contributed by atoms with Gasteiger partial charge in [-0.05, 0) is 22.2 Å². The summed E-state index contributed by atoms with van der Waals surface area (Å²) in [7, 11) is -3.86. The molecule has 4 atom stereocenters. The van der Waals surface area contributed by atoms with Crippen LogP contribution in [-0.2, 0) is 22.4 Å². The van der Waals surface area contributed by atoms with Crippen molar-refractivity contribution in [2.24, 2.45) is 5.84 Å². The lowest BCUT2D eigenvalue weighted by atomic mass is 10.1. The normalized spacial score (nSPS) is 27.7. The van der Waals surface area contributed by atoms with Crippen molar-refractivity contribution in [2.45, 2.75) is 102 Å². The molecular formula is C23H43N7O5Si2. The Kier molecular flexibility index (Phi) is 8.04. The van der Waals surface area contributed by atoms with E-state index in [1.54, 1.807) is 18.0 Å². The number of hydrazine groups is 1. The predicted molar refractivity (Wildman–Crippen MR) is 146 cm³/mol. The Morgan fingerprint density at radius 3 is 2.19 bits per heavy atom. The molecule has 5 N–H and O–H groups in total. The van der Waals surface area contributed by atoms with Crippen LogP contribution in [0.4, 0.5) is 11.8 Å². The number of imidazole rings is 1. The molecule has 2 aromatic heterocycles. The number of nitrogens with one attached hydrogen (secondary N) is 1. The SMILES string of the molecule is CO[C@@H]1[C@@H]2O[Si](C(C)C)(C(C)C)O[Si](C(C)C)(C(C)C)OC[C@H]2O[C@H]1n1cnc2c(NN)nc(N)nc21. The van der Waals surface area contributed by atoms with Crippen molar-refractivity contribution in [2.75, 3.05) is 24.9 Å². The second kappa shape index (κ2) is 10.5. The number of hydrogen-bond donors (Lipinski definition) is 3. The van der Waals surface area contributed by atoms with Gasteiger partial charge in [-0.15, -0.1) is 0 Å². The van der Waals surface area contributed by atoms with Crippen LogP contribution in [0.2, 0.25) is 22.2 Å². The van der Waals surface area contributed by atoms with Gasteiger partial charge >= 0.3 is 17.1 Å². The number of hydrogen-bond acceptors (Lipinski definition) is 11. The molecule has 2 saturated heterocycles. The molecule has 208 valence electrons. The van der Waals surface area contributed by atoms with E-state index >= 15 is 0 Å². The van der Waals surface area contributed by atoms with Gasteiger partial charge in [0.15, 0.2) is 23.2 Å². The molecule has 2 aliphatic heterocycles. The van der Waals surface area contributed by atoms with Crippen LogP contribution in [0.25, 0.3) is 11.2 Å². The van der Waals surface area contributed by atoms with Crippen LogP contribution in [-0.4, -0.2) is 68.7 Å². The maximum absolute atomic E-state index is 7.30.